The van der Waals surface area contributed by atoms with E-state index in [1.165, 1.54) is 0 Å². The molecular formula is C19H19N3O3. The van der Waals surface area contributed by atoms with Gasteiger partial charge in [-0.3, -0.25) is 4.79 Å². The molecule has 0 unspecified atom stereocenters. The maximum absolute atomic E-state index is 13.1. The fourth-order valence-corrected chi connectivity index (χ4v) is 3.26. The maximum Gasteiger partial charge on any atom is 0.259 e. The van der Waals surface area contributed by atoms with E-state index in [1.54, 1.807) is 4.90 Å². The predicted octanol–water partition coefficient (Wildman–Crippen LogP) is 2.80. The lowest BCUT2D eigenvalue weighted by Crippen LogP contribution is -2.40. The highest BCUT2D eigenvalue weighted by molar-refractivity contribution is 6.07. The van der Waals surface area contributed by atoms with Crippen molar-refractivity contribution < 1.29 is 14.4 Å². The number of nitrogens with zero attached hydrogens (tertiary/aromatic N) is 3. The first-order valence-electron chi connectivity index (χ1n) is 8.43. The Balaban J connectivity index is 1.81. The monoisotopic (exact) mass is 337 g/mol. The van der Waals surface area contributed by atoms with E-state index in [-0.39, 0.29) is 12.0 Å². The Kier molecular flexibility index (Phi) is 3.97. The van der Waals surface area contributed by atoms with Crippen LogP contribution in [0.2, 0.25) is 0 Å². The molecule has 4 rings (SSSR count). The molecule has 0 radical (unpaired) electrons. The molecule has 128 valence electrons. The van der Waals surface area contributed by atoms with Crippen molar-refractivity contribution in [1.29, 1.82) is 0 Å². The molecule has 1 aliphatic heterocycles. The molecule has 1 saturated heterocycles. The summed E-state index contributed by atoms with van der Waals surface area (Å²) in [7, 11) is 0. The number of amides is 1. The van der Waals surface area contributed by atoms with Crippen molar-refractivity contribution in [3.63, 3.8) is 0 Å². The van der Waals surface area contributed by atoms with Crippen LogP contribution in [0.25, 0.3) is 22.4 Å². The first-order chi connectivity index (χ1) is 12.1. The molecule has 6 nitrogen and oxygen atoms in total. The van der Waals surface area contributed by atoms with Crippen molar-refractivity contribution in [2.75, 3.05) is 13.1 Å². The molecule has 1 amide bonds. The number of aryl methyl sites for hydroxylation is 1. The Hall–Kier alpha value is -2.73. The summed E-state index contributed by atoms with van der Waals surface area (Å²) in [4.78, 5) is 19.4. The van der Waals surface area contributed by atoms with E-state index in [1.807, 2.05) is 43.3 Å². The second-order valence-electron chi connectivity index (χ2n) is 6.39. The third-order valence-corrected chi connectivity index (χ3v) is 4.67. The Morgan fingerprint density at radius 3 is 2.68 bits per heavy atom. The topological polar surface area (TPSA) is 79.5 Å². The predicted molar refractivity (Wildman–Crippen MR) is 93.1 cm³/mol. The summed E-state index contributed by atoms with van der Waals surface area (Å²) < 4.78 is 5.33. The summed E-state index contributed by atoms with van der Waals surface area (Å²) in [5.41, 5.74) is 3.19. The molecule has 0 bridgehead atoms. The van der Waals surface area contributed by atoms with Gasteiger partial charge in [0.15, 0.2) is 0 Å². The molecule has 0 saturated carbocycles. The van der Waals surface area contributed by atoms with E-state index in [9.17, 15) is 9.90 Å². The fourth-order valence-electron chi connectivity index (χ4n) is 3.26. The Bertz CT molecular complexity index is 912. The van der Waals surface area contributed by atoms with Gasteiger partial charge in [-0.05, 0) is 25.8 Å². The highest BCUT2D eigenvalue weighted by Gasteiger charge is 2.26. The average molecular weight is 337 g/mol. The first-order valence-corrected chi connectivity index (χ1v) is 8.43. The van der Waals surface area contributed by atoms with E-state index < -0.39 is 0 Å². The lowest BCUT2D eigenvalue weighted by Gasteiger charge is -2.29. The molecule has 25 heavy (non-hydrogen) atoms. The molecule has 1 aliphatic rings. The van der Waals surface area contributed by atoms with Crippen LogP contribution in [-0.2, 0) is 0 Å². The summed E-state index contributed by atoms with van der Waals surface area (Å²) in [5.74, 6) is -0.0669. The van der Waals surface area contributed by atoms with Gasteiger partial charge < -0.3 is 14.5 Å². The Morgan fingerprint density at radius 2 is 1.96 bits per heavy atom. The zero-order valence-electron chi connectivity index (χ0n) is 14.0. The van der Waals surface area contributed by atoms with E-state index in [0.717, 1.165) is 5.56 Å². The van der Waals surface area contributed by atoms with Gasteiger partial charge in [0, 0.05) is 18.7 Å². The summed E-state index contributed by atoms with van der Waals surface area (Å²) in [5, 5.41) is 14.3. The Labute approximate surface area is 145 Å². The van der Waals surface area contributed by atoms with Crippen LogP contribution in [0.4, 0.5) is 0 Å². The number of hydrogen-bond donors (Lipinski definition) is 1. The molecule has 0 spiro atoms. The third-order valence-electron chi connectivity index (χ3n) is 4.67. The van der Waals surface area contributed by atoms with Crippen molar-refractivity contribution >= 4 is 17.0 Å². The smallest absolute Gasteiger partial charge is 0.259 e. The van der Waals surface area contributed by atoms with Crippen LogP contribution >= 0.6 is 0 Å². The van der Waals surface area contributed by atoms with Crippen LogP contribution in [0.15, 0.2) is 40.9 Å². The van der Waals surface area contributed by atoms with Gasteiger partial charge in [-0.1, -0.05) is 35.5 Å². The fraction of sp³-hybridized carbons (Fsp3) is 0.316. The second kappa shape index (κ2) is 6.29. The number of carbonyl (C=O) groups excluding carboxylic acids is 1. The van der Waals surface area contributed by atoms with Gasteiger partial charge in [-0.15, -0.1) is 0 Å². The van der Waals surface area contributed by atoms with E-state index in [0.29, 0.717) is 54.0 Å². The van der Waals surface area contributed by atoms with Gasteiger partial charge >= 0.3 is 0 Å². The number of carbonyl (C=O) groups is 1. The van der Waals surface area contributed by atoms with Gasteiger partial charge in [0.05, 0.1) is 28.4 Å². The number of aliphatic hydroxyl groups excluding tert-OH is 1. The van der Waals surface area contributed by atoms with Crippen LogP contribution in [-0.4, -0.2) is 45.2 Å². The minimum Gasteiger partial charge on any atom is -0.393 e. The van der Waals surface area contributed by atoms with Crippen molar-refractivity contribution in [2.45, 2.75) is 25.9 Å². The molecule has 3 heterocycles. The number of aliphatic hydroxyl groups is 1. The number of rotatable bonds is 2. The maximum atomic E-state index is 13.1. The van der Waals surface area contributed by atoms with Crippen LogP contribution in [0.5, 0.6) is 0 Å². The summed E-state index contributed by atoms with van der Waals surface area (Å²) in [6.45, 7) is 2.91. The zero-order valence-corrected chi connectivity index (χ0v) is 14.0. The lowest BCUT2D eigenvalue weighted by molar-refractivity contribution is 0.0548. The highest BCUT2D eigenvalue weighted by atomic mass is 16.5. The number of hydrogen-bond acceptors (Lipinski definition) is 5. The van der Waals surface area contributed by atoms with Crippen LogP contribution in [0, 0.1) is 6.92 Å². The largest absolute Gasteiger partial charge is 0.393 e. The SMILES string of the molecule is Cc1noc2nc(-c3ccccc3)cc(C(=O)N3CCC(O)CC3)c12. The normalized spacial score (nSPS) is 15.7. The summed E-state index contributed by atoms with van der Waals surface area (Å²) in [6, 6.07) is 11.5. The van der Waals surface area contributed by atoms with Crippen LogP contribution < -0.4 is 0 Å². The van der Waals surface area contributed by atoms with E-state index in [2.05, 4.69) is 10.1 Å². The minimum atomic E-state index is -0.321. The standard InChI is InChI=1S/C19H19N3O3/c1-12-17-15(19(24)22-9-7-14(23)8-10-22)11-16(20-18(17)25-21-12)13-5-3-2-4-6-13/h2-6,11,14,23H,7-10H2,1H3. The molecular weight excluding hydrogens is 318 g/mol. The van der Waals surface area contributed by atoms with Gasteiger partial charge in [-0.25, -0.2) is 4.98 Å². The lowest BCUT2D eigenvalue weighted by atomic mass is 10.0. The quantitative estimate of drug-likeness (QED) is 0.778. The number of benzene rings is 1. The minimum absolute atomic E-state index is 0.0669. The average Bonchev–Trinajstić information content (AvgIpc) is 3.03. The molecule has 6 heteroatoms. The van der Waals surface area contributed by atoms with Gasteiger partial charge in [-0.2, -0.15) is 0 Å². The second-order valence-corrected chi connectivity index (χ2v) is 6.39. The molecule has 1 N–H and O–H groups in total. The van der Waals surface area contributed by atoms with E-state index in [4.69, 9.17) is 4.52 Å². The van der Waals surface area contributed by atoms with E-state index >= 15 is 0 Å². The number of piperidine rings is 1. The van der Waals surface area contributed by atoms with Crippen molar-refractivity contribution in [3.05, 3.63) is 47.7 Å². The molecule has 2 aromatic heterocycles. The van der Waals surface area contributed by atoms with Crippen LogP contribution in [0.1, 0.15) is 28.9 Å². The Morgan fingerprint density at radius 1 is 1.24 bits per heavy atom. The van der Waals surface area contributed by atoms with Gasteiger partial charge in [0.2, 0.25) is 0 Å². The van der Waals surface area contributed by atoms with Crippen molar-refractivity contribution in [3.8, 4) is 11.3 Å². The van der Waals surface area contributed by atoms with Crippen molar-refractivity contribution in [1.82, 2.24) is 15.0 Å². The molecule has 0 atom stereocenters. The van der Waals surface area contributed by atoms with Gasteiger partial charge in [0.1, 0.15) is 0 Å². The molecule has 3 aromatic rings. The molecule has 1 aromatic carbocycles. The number of fused-ring (bicyclic) bond motifs is 1. The number of likely N-dealkylation sites (tertiary alicyclic amines) is 1. The summed E-state index contributed by atoms with van der Waals surface area (Å²) >= 11 is 0. The van der Waals surface area contributed by atoms with Crippen LogP contribution in [0.3, 0.4) is 0 Å². The number of aromatic nitrogens is 2. The highest BCUT2D eigenvalue weighted by Crippen LogP contribution is 2.28. The van der Waals surface area contributed by atoms with Gasteiger partial charge in [0.25, 0.3) is 11.6 Å². The van der Waals surface area contributed by atoms with Crippen molar-refractivity contribution in [2.24, 2.45) is 0 Å². The molecule has 1 fully saturated rings. The molecule has 0 aliphatic carbocycles. The summed E-state index contributed by atoms with van der Waals surface area (Å²) in [6.07, 6.45) is 0.890. The number of pyridine rings is 1. The zero-order chi connectivity index (χ0) is 17.4. The first kappa shape index (κ1) is 15.8. The third kappa shape index (κ3) is 2.89.